The topological polar surface area (TPSA) is 72.8 Å². The van der Waals surface area contributed by atoms with Gasteiger partial charge in [-0.15, -0.1) is 0 Å². The van der Waals surface area contributed by atoms with Crippen LogP contribution in [0.5, 0.6) is 0 Å². The summed E-state index contributed by atoms with van der Waals surface area (Å²) in [5.41, 5.74) is 0.284. The Morgan fingerprint density at radius 1 is 1.36 bits per heavy atom. The van der Waals surface area contributed by atoms with Crippen LogP contribution in [0.15, 0.2) is 12.2 Å². The molecule has 1 N–H and O–H groups in total. The second-order valence-electron chi connectivity index (χ2n) is 2.34. The molecule has 0 bridgehead atoms. The third-order valence-corrected chi connectivity index (χ3v) is 1.04. The smallest absolute Gasteiger partial charge is 0.341 e. The summed E-state index contributed by atoms with van der Waals surface area (Å²) >= 11 is 0. The van der Waals surface area contributed by atoms with Crippen LogP contribution in [0.25, 0.3) is 0 Å². The van der Waals surface area contributed by atoms with E-state index >= 15 is 0 Å². The molecule has 0 aliphatic rings. The monoisotopic (exact) mass is 204 g/mol. The van der Waals surface area contributed by atoms with E-state index in [0.717, 1.165) is 0 Å². The molecule has 0 aromatic carbocycles. The van der Waals surface area contributed by atoms with Gasteiger partial charge in [-0.05, 0) is 6.42 Å². The Labute approximate surface area is 83.3 Å². The first-order chi connectivity index (χ1) is 6.49. The number of rotatable bonds is 4. The van der Waals surface area contributed by atoms with Crippen LogP contribution in [0.2, 0.25) is 0 Å². The minimum absolute atomic E-state index is 0.284. The standard InChI is InChI=1S/C7H10O4.C2H6O/c1-3-5(2)7(10)11-4-6(8)9;1-3-2/h2-4H2,1H3,(H,8,9);1-2H3. The fourth-order valence-corrected chi connectivity index (χ4v) is 0.374. The number of carboxylic acids is 1. The number of esters is 1. The average Bonchev–Trinajstić information content (AvgIpc) is 2.14. The molecule has 14 heavy (non-hydrogen) atoms. The number of aliphatic carboxylic acids is 1. The Balaban J connectivity index is 0. The Bertz CT molecular complexity index is 197. The molecule has 0 aliphatic carbocycles. The molecule has 0 aliphatic heterocycles. The van der Waals surface area contributed by atoms with E-state index in [1.807, 2.05) is 0 Å². The van der Waals surface area contributed by atoms with Crippen molar-refractivity contribution in [3.63, 3.8) is 0 Å². The van der Waals surface area contributed by atoms with Crippen LogP contribution in [0, 0.1) is 0 Å². The first-order valence-electron chi connectivity index (χ1n) is 3.96. The summed E-state index contributed by atoms with van der Waals surface area (Å²) < 4.78 is 8.57. The van der Waals surface area contributed by atoms with Crippen molar-refractivity contribution in [2.45, 2.75) is 13.3 Å². The molecule has 0 fully saturated rings. The Hall–Kier alpha value is -1.36. The second kappa shape index (κ2) is 9.73. The van der Waals surface area contributed by atoms with Crippen LogP contribution in [-0.2, 0) is 19.1 Å². The summed E-state index contributed by atoms with van der Waals surface area (Å²) in [6, 6.07) is 0. The molecule has 0 aromatic heterocycles. The third-order valence-electron chi connectivity index (χ3n) is 1.04. The van der Waals surface area contributed by atoms with Crippen molar-refractivity contribution in [1.82, 2.24) is 0 Å². The van der Waals surface area contributed by atoms with E-state index < -0.39 is 18.5 Å². The van der Waals surface area contributed by atoms with Gasteiger partial charge in [-0.2, -0.15) is 0 Å². The predicted molar refractivity (Wildman–Crippen MR) is 51.0 cm³/mol. The molecule has 5 nitrogen and oxygen atoms in total. The van der Waals surface area contributed by atoms with Gasteiger partial charge < -0.3 is 14.6 Å². The quantitative estimate of drug-likeness (QED) is 0.542. The highest BCUT2D eigenvalue weighted by molar-refractivity contribution is 5.88. The predicted octanol–water partition coefficient (Wildman–Crippen LogP) is 0.843. The van der Waals surface area contributed by atoms with Gasteiger partial charge in [0.05, 0.1) is 0 Å². The zero-order chi connectivity index (χ0) is 11.6. The largest absolute Gasteiger partial charge is 0.479 e. The van der Waals surface area contributed by atoms with Crippen LogP contribution in [0.1, 0.15) is 13.3 Å². The van der Waals surface area contributed by atoms with E-state index in [2.05, 4.69) is 16.1 Å². The molecule has 82 valence electrons. The number of ether oxygens (including phenoxy) is 2. The maximum atomic E-state index is 10.7. The summed E-state index contributed by atoms with van der Waals surface area (Å²) in [6.07, 6.45) is 0.471. The van der Waals surface area contributed by atoms with E-state index in [1.165, 1.54) is 0 Å². The van der Waals surface area contributed by atoms with Gasteiger partial charge >= 0.3 is 11.9 Å². The van der Waals surface area contributed by atoms with Crippen LogP contribution in [0.3, 0.4) is 0 Å². The molecule has 0 saturated carbocycles. The van der Waals surface area contributed by atoms with Crippen molar-refractivity contribution in [3.8, 4) is 0 Å². The van der Waals surface area contributed by atoms with Crippen LogP contribution in [0.4, 0.5) is 0 Å². The van der Waals surface area contributed by atoms with Crippen LogP contribution in [-0.4, -0.2) is 37.9 Å². The lowest BCUT2D eigenvalue weighted by atomic mass is 10.2. The molecule has 0 saturated heterocycles. The Morgan fingerprint density at radius 2 is 1.79 bits per heavy atom. The van der Waals surface area contributed by atoms with Gasteiger partial charge in [0.15, 0.2) is 6.61 Å². The van der Waals surface area contributed by atoms with E-state index in [0.29, 0.717) is 6.42 Å². The molecule has 0 unspecified atom stereocenters. The van der Waals surface area contributed by atoms with Gasteiger partial charge in [-0.1, -0.05) is 13.5 Å². The summed E-state index contributed by atoms with van der Waals surface area (Å²) in [6.45, 7) is 4.52. The normalized spacial score (nSPS) is 8.21. The molecular weight excluding hydrogens is 188 g/mol. The lowest BCUT2D eigenvalue weighted by molar-refractivity contribution is -0.152. The number of hydrogen-bond acceptors (Lipinski definition) is 4. The van der Waals surface area contributed by atoms with E-state index in [1.54, 1.807) is 21.1 Å². The van der Waals surface area contributed by atoms with Gasteiger partial charge in [-0.25, -0.2) is 9.59 Å². The second-order valence-corrected chi connectivity index (χ2v) is 2.34. The first-order valence-corrected chi connectivity index (χ1v) is 3.96. The van der Waals surface area contributed by atoms with E-state index in [4.69, 9.17) is 5.11 Å². The van der Waals surface area contributed by atoms with Gasteiger partial charge in [0.25, 0.3) is 0 Å². The highest BCUT2D eigenvalue weighted by atomic mass is 16.5. The van der Waals surface area contributed by atoms with Crippen LogP contribution >= 0.6 is 0 Å². The molecule has 0 radical (unpaired) electrons. The third kappa shape index (κ3) is 10.6. The van der Waals surface area contributed by atoms with Crippen LogP contribution < -0.4 is 0 Å². The maximum absolute atomic E-state index is 10.7. The number of carboxylic acid groups (broad SMARTS) is 1. The fourth-order valence-electron chi connectivity index (χ4n) is 0.374. The van der Waals surface area contributed by atoms with Crippen molar-refractivity contribution in [3.05, 3.63) is 12.2 Å². The van der Waals surface area contributed by atoms with Crippen molar-refractivity contribution >= 4 is 11.9 Å². The zero-order valence-electron chi connectivity index (χ0n) is 8.70. The van der Waals surface area contributed by atoms with E-state index in [9.17, 15) is 9.59 Å². The number of methoxy groups -OCH3 is 1. The SMILES string of the molecule is C=C(CC)C(=O)OCC(=O)O.COC. The molecule has 0 spiro atoms. The fraction of sp³-hybridized carbons (Fsp3) is 0.556. The molecule has 0 heterocycles. The summed E-state index contributed by atoms with van der Waals surface area (Å²) in [5, 5.41) is 8.11. The number of hydrogen-bond donors (Lipinski definition) is 1. The lowest BCUT2D eigenvalue weighted by Gasteiger charge is -2.00. The van der Waals surface area contributed by atoms with Gasteiger partial charge in [0.2, 0.25) is 0 Å². The lowest BCUT2D eigenvalue weighted by Crippen LogP contribution is -2.13. The number of carbonyl (C=O) groups excluding carboxylic acids is 1. The molecule has 5 heteroatoms. The minimum Gasteiger partial charge on any atom is -0.479 e. The van der Waals surface area contributed by atoms with E-state index in [-0.39, 0.29) is 5.57 Å². The van der Waals surface area contributed by atoms with Crippen molar-refractivity contribution in [2.24, 2.45) is 0 Å². The average molecular weight is 204 g/mol. The highest BCUT2D eigenvalue weighted by Crippen LogP contribution is 1.98. The van der Waals surface area contributed by atoms with Crippen molar-refractivity contribution in [1.29, 1.82) is 0 Å². The minimum atomic E-state index is -1.16. The molecular formula is C9H16O5. The van der Waals surface area contributed by atoms with Gasteiger partial charge in [0.1, 0.15) is 0 Å². The molecule has 0 rings (SSSR count). The zero-order valence-corrected chi connectivity index (χ0v) is 8.70. The molecule has 0 aromatic rings. The Morgan fingerprint density at radius 3 is 2.07 bits per heavy atom. The Kier molecular flexibility index (Phi) is 10.5. The highest BCUT2D eigenvalue weighted by Gasteiger charge is 2.07. The molecule has 0 amide bonds. The first kappa shape index (κ1) is 15.1. The molecule has 0 atom stereocenters. The van der Waals surface area contributed by atoms with Gasteiger partial charge in [-0.3, -0.25) is 0 Å². The maximum Gasteiger partial charge on any atom is 0.341 e. The summed E-state index contributed by atoms with van der Waals surface area (Å²) in [7, 11) is 3.25. The van der Waals surface area contributed by atoms with Gasteiger partial charge in [0, 0.05) is 19.8 Å². The number of carbonyl (C=O) groups is 2. The van der Waals surface area contributed by atoms with Crippen molar-refractivity contribution < 1.29 is 24.2 Å². The summed E-state index contributed by atoms with van der Waals surface area (Å²) in [4.78, 5) is 20.6. The summed E-state index contributed by atoms with van der Waals surface area (Å²) in [5.74, 6) is -1.81. The van der Waals surface area contributed by atoms with Crippen molar-refractivity contribution in [2.75, 3.05) is 20.8 Å².